The Balaban J connectivity index is 2.35. The minimum absolute atomic E-state index is 0.000452. The quantitative estimate of drug-likeness (QED) is 0.759. The summed E-state index contributed by atoms with van der Waals surface area (Å²) in [6.07, 6.45) is 2.78. The molecule has 0 aromatic heterocycles. The molecule has 1 amide bonds. The topological polar surface area (TPSA) is 49.4 Å². The number of nitrogens with zero attached hydrogens (tertiary/aromatic N) is 1. The van der Waals surface area contributed by atoms with Gasteiger partial charge in [0, 0.05) is 18.5 Å². The standard InChI is InChI=1S/C12H22N2O2/c1-9(2)14-6-4-5-11(14)7-12(16)13-8-10(3)15/h9,11H,4-8H2,1-3H3,(H,13,16)/t11-/m0/s1. The maximum Gasteiger partial charge on any atom is 0.221 e. The van der Waals surface area contributed by atoms with E-state index < -0.39 is 0 Å². The zero-order valence-corrected chi connectivity index (χ0v) is 10.5. The van der Waals surface area contributed by atoms with E-state index in [1.807, 2.05) is 0 Å². The predicted molar refractivity (Wildman–Crippen MR) is 63.2 cm³/mol. The Bertz CT molecular complexity index is 264. The van der Waals surface area contributed by atoms with Crippen molar-refractivity contribution >= 4 is 11.7 Å². The second-order valence-electron chi connectivity index (χ2n) is 4.81. The Kier molecular flexibility index (Phi) is 4.93. The molecule has 1 rings (SSSR count). The third-order valence-electron chi connectivity index (χ3n) is 3.04. The number of hydrogen-bond acceptors (Lipinski definition) is 3. The Morgan fingerprint density at radius 2 is 2.12 bits per heavy atom. The van der Waals surface area contributed by atoms with E-state index in [4.69, 9.17) is 0 Å². The highest BCUT2D eigenvalue weighted by Gasteiger charge is 2.28. The van der Waals surface area contributed by atoms with E-state index in [9.17, 15) is 9.59 Å². The van der Waals surface area contributed by atoms with Crippen LogP contribution in [0.25, 0.3) is 0 Å². The molecule has 0 spiro atoms. The van der Waals surface area contributed by atoms with Gasteiger partial charge in [-0.1, -0.05) is 0 Å². The molecule has 16 heavy (non-hydrogen) atoms. The fourth-order valence-corrected chi connectivity index (χ4v) is 2.27. The number of nitrogens with one attached hydrogen (secondary N) is 1. The molecule has 1 aliphatic heterocycles. The van der Waals surface area contributed by atoms with Crippen molar-refractivity contribution in [2.75, 3.05) is 13.1 Å². The summed E-state index contributed by atoms with van der Waals surface area (Å²) in [5, 5.41) is 2.65. The van der Waals surface area contributed by atoms with Crippen LogP contribution in [0.2, 0.25) is 0 Å². The van der Waals surface area contributed by atoms with Gasteiger partial charge in [-0.2, -0.15) is 0 Å². The van der Waals surface area contributed by atoms with Crippen LogP contribution in [-0.2, 0) is 9.59 Å². The van der Waals surface area contributed by atoms with Crippen LogP contribution < -0.4 is 5.32 Å². The summed E-state index contributed by atoms with van der Waals surface area (Å²) in [7, 11) is 0. The summed E-state index contributed by atoms with van der Waals surface area (Å²) in [5.74, 6) is -0.00626. The van der Waals surface area contributed by atoms with Crippen molar-refractivity contribution in [2.24, 2.45) is 0 Å². The average molecular weight is 226 g/mol. The number of ketones is 1. The van der Waals surface area contributed by atoms with Gasteiger partial charge in [0.15, 0.2) is 0 Å². The first-order valence-corrected chi connectivity index (χ1v) is 6.02. The molecule has 0 bridgehead atoms. The van der Waals surface area contributed by atoms with Crippen molar-refractivity contribution in [2.45, 2.75) is 52.1 Å². The summed E-state index contributed by atoms with van der Waals surface area (Å²) in [4.78, 5) is 24.7. The molecule has 1 atom stereocenters. The molecular formula is C12H22N2O2. The highest BCUT2D eigenvalue weighted by atomic mass is 16.2. The smallest absolute Gasteiger partial charge is 0.221 e. The second-order valence-corrected chi connectivity index (χ2v) is 4.81. The molecule has 92 valence electrons. The summed E-state index contributed by atoms with van der Waals surface area (Å²) < 4.78 is 0. The van der Waals surface area contributed by atoms with E-state index in [1.54, 1.807) is 0 Å². The lowest BCUT2D eigenvalue weighted by Gasteiger charge is -2.27. The molecule has 4 nitrogen and oxygen atoms in total. The van der Waals surface area contributed by atoms with Gasteiger partial charge >= 0.3 is 0 Å². The third-order valence-corrected chi connectivity index (χ3v) is 3.04. The van der Waals surface area contributed by atoms with Crippen molar-refractivity contribution in [3.05, 3.63) is 0 Å². The van der Waals surface area contributed by atoms with Crippen LogP contribution in [-0.4, -0.2) is 41.8 Å². The zero-order chi connectivity index (χ0) is 12.1. The van der Waals surface area contributed by atoms with E-state index >= 15 is 0 Å². The lowest BCUT2D eigenvalue weighted by Crippen LogP contribution is -2.39. The molecule has 1 saturated heterocycles. The Morgan fingerprint density at radius 3 is 2.69 bits per heavy atom. The molecule has 0 aliphatic carbocycles. The molecule has 1 aliphatic rings. The number of hydrogen-bond donors (Lipinski definition) is 1. The maximum absolute atomic E-state index is 11.6. The predicted octanol–water partition coefficient (Wildman–Crippen LogP) is 0.954. The van der Waals surface area contributed by atoms with Crippen LogP contribution in [0.3, 0.4) is 0 Å². The number of Topliss-reactive ketones (excluding diaryl/α,β-unsaturated/α-hetero) is 1. The fourth-order valence-electron chi connectivity index (χ4n) is 2.27. The van der Waals surface area contributed by atoms with Crippen LogP contribution in [0.4, 0.5) is 0 Å². The van der Waals surface area contributed by atoms with Gasteiger partial charge < -0.3 is 5.32 Å². The Labute approximate surface area is 97.4 Å². The van der Waals surface area contributed by atoms with Crippen molar-refractivity contribution in [1.29, 1.82) is 0 Å². The van der Waals surface area contributed by atoms with Crippen LogP contribution in [0.1, 0.15) is 40.0 Å². The molecule has 0 aromatic rings. The first kappa shape index (κ1) is 13.2. The van der Waals surface area contributed by atoms with E-state index in [0.29, 0.717) is 18.5 Å². The molecule has 4 heteroatoms. The largest absolute Gasteiger partial charge is 0.349 e. The molecule has 0 saturated carbocycles. The molecule has 1 fully saturated rings. The SMILES string of the molecule is CC(=O)CNC(=O)C[C@@H]1CCCN1C(C)C. The average Bonchev–Trinajstić information content (AvgIpc) is 2.62. The maximum atomic E-state index is 11.6. The lowest BCUT2D eigenvalue weighted by atomic mass is 10.1. The number of likely N-dealkylation sites (tertiary alicyclic amines) is 1. The van der Waals surface area contributed by atoms with Gasteiger partial charge in [-0.05, 0) is 40.2 Å². The van der Waals surface area contributed by atoms with Crippen molar-refractivity contribution in [3.63, 3.8) is 0 Å². The van der Waals surface area contributed by atoms with Crippen LogP contribution in [0.5, 0.6) is 0 Å². The molecule has 1 N–H and O–H groups in total. The minimum atomic E-state index is -0.00671. The number of carbonyl (C=O) groups is 2. The lowest BCUT2D eigenvalue weighted by molar-refractivity contribution is -0.125. The van der Waals surface area contributed by atoms with Gasteiger partial charge in [0.05, 0.1) is 6.54 Å². The van der Waals surface area contributed by atoms with Gasteiger partial charge in [0.2, 0.25) is 5.91 Å². The molecule has 1 heterocycles. The summed E-state index contributed by atoms with van der Waals surface area (Å²) in [6, 6.07) is 0.847. The van der Waals surface area contributed by atoms with Crippen molar-refractivity contribution < 1.29 is 9.59 Å². The number of amides is 1. The first-order valence-electron chi connectivity index (χ1n) is 6.02. The second kappa shape index (κ2) is 5.99. The van der Waals surface area contributed by atoms with Gasteiger partial charge in [0.1, 0.15) is 5.78 Å². The van der Waals surface area contributed by atoms with Gasteiger partial charge in [-0.15, -0.1) is 0 Å². The van der Waals surface area contributed by atoms with Crippen LogP contribution in [0.15, 0.2) is 0 Å². The van der Waals surface area contributed by atoms with E-state index in [1.165, 1.54) is 13.3 Å². The van der Waals surface area contributed by atoms with E-state index in [2.05, 4.69) is 24.1 Å². The summed E-state index contributed by atoms with van der Waals surface area (Å²) >= 11 is 0. The number of carbonyl (C=O) groups excluding carboxylic acids is 2. The Morgan fingerprint density at radius 1 is 1.44 bits per heavy atom. The first-order chi connectivity index (χ1) is 7.50. The summed E-state index contributed by atoms with van der Waals surface area (Å²) in [5.41, 5.74) is 0. The van der Waals surface area contributed by atoms with Gasteiger partial charge in [0.25, 0.3) is 0 Å². The van der Waals surface area contributed by atoms with Crippen LogP contribution in [0, 0.1) is 0 Å². The van der Waals surface area contributed by atoms with E-state index in [0.717, 1.165) is 13.0 Å². The van der Waals surface area contributed by atoms with E-state index in [-0.39, 0.29) is 18.2 Å². The van der Waals surface area contributed by atoms with Crippen LogP contribution >= 0.6 is 0 Å². The number of rotatable bonds is 5. The normalized spacial score (nSPS) is 21.4. The van der Waals surface area contributed by atoms with Crippen molar-refractivity contribution in [3.8, 4) is 0 Å². The van der Waals surface area contributed by atoms with Gasteiger partial charge in [-0.3, -0.25) is 14.5 Å². The molecule has 0 aromatic carbocycles. The molecular weight excluding hydrogens is 204 g/mol. The minimum Gasteiger partial charge on any atom is -0.349 e. The third kappa shape index (κ3) is 3.93. The molecule has 0 radical (unpaired) electrons. The van der Waals surface area contributed by atoms with Gasteiger partial charge in [-0.25, -0.2) is 0 Å². The van der Waals surface area contributed by atoms with Crippen molar-refractivity contribution in [1.82, 2.24) is 10.2 Å². The Hall–Kier alpha value is -0.900. The highest BCUT2D eigenvalue weighted by Crippen LogP contribution is 2.22. The zero-order valence-electron chi connectivity index (χ0n) is 10.5. The monoisotopic (exact) mass is 226 g/mol. The molecule has 0 unspecified atom stereocenters. The summed E-state index contributed by atoms with van der Waals surface area (Å²) in [6.45, 7) is 7.05. The fraction of sp³-hybridized carbons (Fsp3) is 0.833. The highest BCUT2D eigenvalue weighted by molar-refractivity contribution is 5.84.